The van der Waals surface area contributed by atoms with Crippen LogP contribution in [-0.4, -0.2) is 19.2 Å². The lowest BCUT2D eigenvalue weighted by Gasteiger charge is -2.12. The third-order valence-electron chi connectivity index (χ3n) is 2.45. The van der Waals surface area contributed by atoms with E-state index in [0.29, 0.717) is 12.6 Å². The third kappa shape index (κ3) is 3.61. The Bertz CT molecular complexity index is 323. The van der Waals surface area contributed by atoms with Crippen molar-refractivity contribution in [2.75, 3.05) is 13.2 Å². The number of ether oxygens (including phenoxy) is 1. The summed E-state index contributed by atoms with van der Waals surface area (Å²) in [5.41, 5.74) is 0. The minimum absolute atomic E-state index is 0. The van der Waals surface area contributed by atoms with Crippen LogP contribution in [0.25, 0.3) is 0 Å². The maximum atomic E-state index is 12.8. The van der Waals surface area contributed by atoms with E-state index in [9.17, 15) is 8.78 Å². The topological polar surface area (TPSA) is 21.3 Å². The van der Waals surface area contributed by atoms with Crippen LogP contribution in [0.1, 0.15) is 12.8 Å². The van der Waals surface area contributed by atoms with Gasteiger partial charge in [0.1, 0.15) is 24.0 Å². The second kappa shape index (κ2) is 6.01. The lowest BCUT2D eigenvalue weighted by molar-refractivity contribution is 0.274. The zero-order valence-corrected chi connectivity index (χ0v) is 9.53. The molecular weight excluding hydrogens is 236 g/mol. The van der Waals surface area contributed by atoms with Gasteiger partial charge in [-0.3, -0.25) is 0 Å². The summed E-state index contributed by atoms with van der Waals surface area (Å²) in [6.07, 6.45) is 2.18. The predicted octanol–water partition coefficient (Wildman–Crippen LogP) is 2.52. The minimum Gasteiger partial charge on any atom is -0.492 e. The first-order valence-electron chi connectivity index (χ1n) is 5.06. The molecule has 1 fully saturated rings. The second-order valence-corrected chi connectivity index (χ2v) is 3.71. The van der Waals surface area contributed by atoms with Crippen LogP contribution >= 0.6 is 12.4 Å². The monoisotopic (exact) mass is 249 g/mol. The van der Waals surface area contributed by atoms with Gasteiger partial charge in [-0.2, -0.15) is 0 Å². The second-order valence-electron chi connectivity index (χ2n) is 3.71. The Labute approximate surface area is 99.4 Å². The summed E-state index contributed by atoms with van der Waals surface area (Å²) in [5, 5.41) is 3.24. The van der Waals surface area contributed by atoms with Gasteiger partial charge >= 0.3 is 0 Å². The summed E-state index contributed by atoms with van der Waals surface area (Å²) >= 11 is 0. The largest absolute Gasteiger partial charge is 0.492 e. The van der Waals surface area contributed by atoms with E-state index in [-0.39, 0.29) is 18.2 Å². The lowest BCUT2D eigenvalue weighted by Crippen LogP contribution is -2.28. The Balaban J connectivity index is 0.00000128. The Kier molecular flexibility index (Phi) is 4.96. The van der Waals surface area contributed by atoms with Gasteiger partial charge < -0.3 is 10.1 Å². The van der Waals surface area contributed by atoms with Crippen LogP contribution in [0.2, 0.25) is 0 Å². The summed E-state index contributed by atoms with van der Waals surface area (Å²) in [5.74, 6) is -0.963. The molecule has 1 aromatic rings. The molecule has 1 aliphatic rings. The van der Waals surface area contributed by atoms with Crippen molar-refractivity contribution in [3.8, 4) is 5.75 Å². The third-order valence-corrected chi connectivity index (χ3v) is 2.45. The molecule has 1 heterocycles. The number of rotatable bonds is 3. The molecule has 1 saturated heterocycles. The highest BCUT2D eigenvalue weighted by Crippen LogP contribution is 2.16. The molecule has 1 aliphatic heterocycles. The van der Waals surface area contributed by atoms with Gasteiger partial charge in [-0.25, -0.2) is 8.78 Å². The molecule has 0 spiro atoms. The highest BCUT2D eigenvalue weighted by molar-refractivity contribution is 5.85. The standard InChI is InChI=1S/C11H13F2NO.ClH/c12-8-4-9(13)6-11(5-8)15-7-10-2-1-3-14-10;/h4-6,10,14H,1-3,7H2;1H/t10-;/m0./s1. The van der Waals surface area contributed by atoms with Gasteiger partial charge in [-0.05, 0) is 19.4 Å². The van der Waals surface area contributed by atoms with Crippen molar-refractivity contribution in [3.05, 3.63) is 29.8 Å². The minimum atomic E-state index is -0.607. The van der Waals surface area contributed by atoms with Crippen LogP contribution in [0.4, 0.5) is 8.78 Å². The van der Waals surface area contributed by atoms with Gasteiger partial charge in [0.05, 0.1) is 0 Å². The maximum Gasteiger partial charge on any atom is 0.129 e. The highest BCUT2D eigenvalue weighted by atomic mass is 35.5. The number of benzene rings is 1. The van der Waals surface area contributed by atoms with E-state index in [4.69, 9.17) is 4.74 Å². The van der Waals surface area contributed by atoms with Crippen LogP contribution < -0.4 is 10.1 Å². The molecule has 0 radical (unpaired) electrons. The maximum absolute atomic E-state index is 12.8. The summed E-state index contributed by atoms with van der Waals surface area (Å²) in [6, 6.07) is 3.52. The van der Waals surface area contributed by atoms with Gasteiger partial charge in [-0.15, -0.1) is 12.4 Å². The first kappa shape index (κ1) is 13.2. The Morgan fingerprint density at radius 3 is 2.50 bits per heavy atom. The van der Waals surface area contributed by atoms with Crippen molar-refractivity contribution >= 4 is 12.4 Å². The number of nitrogens with one attached hydrogen (secondary N) is 1. The molecule has 0 amide bonds. The van der Waals surface area contributed by atoms with Gasteiger partial charge in [0.2, 0.25) is 0 Å². The van der Waals surface area contributed by atoms with E-state index in [0.717, 1.165) is 25.5 Å². The smallest absolute Gasteiger partial charge is 0.129 e. The van der Waals surface area contributed by atoms with Crippen LogP contribution in [0.15, 0.2) is 18.2 Å². The average Bonchev–Trinajstić information content (AvgIpc) is 2.65. The molecule has 0 aromatic heterocycles. The Morgan fingerprint density at radius 2 is 1.94 bits per heavy atom. The molecule has 0 aliphatic carbocycles. The van der Waals surface area contributed by atoms with Crippen molar-refractivity contribution < 1.29 is 13.5 Å². The van der Waals surface area contributed by atoms with E-state index in [2.05, 4.69) is 5.32 Å². The van der Waals surface area contributed by atoms with E-state index < -0.39 is 11.6 Å². The van der Waals surface area contributed by atoms with Crippen molar-refractivity contribution in [2.45, 2.75) is 18.9 Å². The fourth-order valence-corrected chi connectivity index (χ4v) is 1.71. The molecule has 1 N–H and O–H groups in total. The molecule has 0 bridgehead atoms. The van der Waals surface area contributed by atoms with Gasteiger partial charge in [0, 0.05) is 24.2 Å². The summed E-state index contributed by atoms with van der Waals surface area (Å²) in [7, 11) is 0. The fourth-order valence-electron chi connectivity index (χ4n) is 1.71. The quantitative estimate of drug-likeness (QED) is 0.889. The van der Waals surface area contributed by atoms with Crippen molar-refractivity contribution in [1.29, 1.82) is 0 Å². The molecular formula is C11H14ClF2NO. The molecule has 16 heavy (non-hydrogen) atoms. The van der Waals surface area contributed by atoms with E-state index in [1.165, 1.54) is 12.1 Å². The Morgan fingerprint density at radius 1 is 1.25 bits per heavy atom. The predicted molar refractivity (Wildman–Crippen MR) is 60.1 cm³/mol. The molecule has 0 saturated carbocycles. The van der Waals surface area contributed by atoms with Crippen molar-refractivity contribution in [3.63, 3.8) is 0 Å². The van der Waals surface area contributed by atoms with Crippen LogP contribution in [0.3, 0.4) is 0 Å². The molecule has 2 rings (SSSR count). The molecule has 5 heteroatoms. The highest BCUT2D eigenvalue weighted by Gasteiger charge is 2.14. The molecule has 90 valence electrons. The van der Waals surface area contributed by atoms with Crippen LogP contribution in [0.5, 0.6) is 5.75 Å². The molecule has 1 aromatic carbocycles. The van der Waals surface area contributed by atoms with E-state index in [1.54, 1.807) is 0 Å². The average molecular weight is 250 g/mol. The summed E-state index contributed by atoms with van der Waals surface area (Å²) < 4.78 is 30.9. The summed E-state index contributed by atoms with van der Waals surface area (Å²) in [6.45, 7) is 1.45. The van der Waals surface area contributed by atoms with E-state index >= 15 is 0 Å². The summed E-state index contributed by atoms with van der Waals surface area (Å²) in [4.78, 5) is 0. The van der Waals surface area contributed by atoms with Crippen LogP contribution in [0, 0.1) is 11.6 Å². The normalized spacial score (nSPS) is 19.2. The SMILES string of the molecule is Cl.Fc1cc(F)cc(OC[C@@H]2CCCN2)c1. The Hall–Kier alpha value is -0.870. The van der Waals surface area contributed by atoms with Gasteiger partial charge in [0.15, 0.2) is 0 Å². The fraction of sp³-hybridized carbons (Fsp3) is 0.455. The molecule has 2 nitrogen and oxygen atoms in total. The van der Waals surface area contributed by atoms with Crippen molar-refractivity contribution in [1.82, 2.24) is 5.32 Å². The zero-order chi connectivity index (χ0) is 10.7. The molecule has 1 atom stereocenters. The zero-order valence-electron chi connectivity index (χ0n) is 8.71. The van der Waals surface area contributed by atoms with E-state index in [1.807, 2.05) is 0 Å². The lowest BCUT2D eigenvalue weighted by atomic mass is 10.2. The van der Waals surface area contributed by atoms with Crippen molar-refractivity contribution in [2.24, 2.45) is 0 Å². The number of hydrogen-bond acceptors (Lipinski definition) is 2. The van der Waals surface area contributed by atoms with Crippen LogP contribution in [-0.2, 0) is 0 Å². The van der Waals surface area contributed by atoms with Gasteiger partial charge in [-0.1, -0.05) is 0 Å². The number of halogens is 3. The molecule has 0 unspecified atom stereocenters. The first-order chi connectivity index (χ1) is 7.24. The van der Waals surface area contributed by atoms with Gasteiger partial charge in [0.25, 0.3) is 0 Å². The first-order valence-corrected chi connectivity index (χ1v) is 5.06. The number of hydrogen-bond donors (Lipinski definition) is 1.